The summed E-state index contributed by atoms with van der Waals surface area (Å²) in [7, 11) is 1.70. The molecule has 0 aliphatic heterocycles. The lowest BCUT2D eigenvalue weighted by Gasteiger charge is -2.24. The molecule has 0 spiro atoms. The molecule has 2 aromatic heterocycles. The SMILES string of the molecule is CCN(C)C(=O)OC1CCc2c(sc(NC(=O)C=Cc3cccs3)c2C#N)C1. The van der Waals surface area contributed by atoms with Gasteiger partial charge in [0.25, 0.3) is 0 Å². The van der Waals surface area contributed by atoms with E-state index in [-0.39, 0.29) is 18.1 Å². The maximum atomic E-state index is 12.2. The highest BCUT2D eigenvalue weighted by atomic mass is 32.1. The molecule has 0 aromatic carbocycles. The molecule has 0 saturated carbocycles. The van der Waals surface area contributed by atoms with Gasteiger partial charge in [-0.05, 0) is 42.9 Å². The van der Waals surface area contributed by atoms with Gasteiger partial charge in [-0.3, -0.25) is 4.79 Å². The maximum Gasteiger partial charge on any atom is 0.409 e. The molecule has 1 aliphatic carbocycles. The van der Waals surface area contributed by atoms with E-state index in [1.165, 1.54) is 22.3 Å². The van der Waals surface area contributed by atoms with E-state index in [1.807, 2.05) is 24.4 Å². The zero-order chi connectivity index (χ0) is 20.1. The number of nitrogens with zero attached hydrogens (tertiary/aromatic N) is 2. The van der Waals surface area contributed by atoms with Crippen molar-refractivity contribution in [3.8, 4) is 6.07 Å². The minimum absolute atomic E-state index is 0.207. The zero-order valence-corrected chi connectivity index (χ0v) is 17.4. The van der Waals surface area contributed by atoms with Crippen molar-refractivity contribution in [3.63, 3.8) is 0 Å². The average Bonchev–Trinajstić information content (AvgIpc) is 3.32. The number of rotatable bonds is 5. The second-order valence-electron chi connectivity index (χ2n) is 6.42. The largest absolute Gasteiger partial charge is 0.446 e. The second-order valence-corrected chi connectivity index (χ2v) is 8.50. The molecule has 0 bridgehead atoms. The van der Waals surface area contributed by atoms with E-state index < -0.39 is 0 Å². The van der Waals surface area contributed by atoms with Gasteiger partial charge in [-0.2, -0.15) is 5.26 Å². The maximum absolute atomic E-state index is 12.2. The van der Waals surface area contributed by atoms with Crippen molar-refractivity contribution in [3.05, 3.63) is 44.5 Å². The number of ether oxygens (including phenoxy) is 1. The summed E-state index contributed by atoms with van der Waals surface area (Å²) in [6.07, 6.45) is 4.58. The predicted molar refractivity (Wildman–Crippen MR) is 112 cm³/mol. The van der Waals surface area contributed by atoms with Gasteiger partial charge in [0.15, 0.2) is 0 Å². The molecule has 2 amide bonds. The van der Waals surface area contributed by atoms with E-state index >= 15 is 0 Å². The molecule has 1 atom stereocenters. The van der Waals surface area contributed by atoms with Crippen LogP contribution >= 0.6 is 22.7 Å². The van der Waals surface area contributed by atoms with Crippen molar-refractivity contribution < 1.29 is 14.3 Å². The standard InChI is InChI=1S/C20H21N3O3S2/c1-3-23(2)20(25)26-13-6-8-15-16(12-21)19(28-17(15)11-13)22-18(24)9-7-14-5-4-10-27-14/h4-5,7,9-10,13H,3,6,8,11H2,1-2H3,(H,22,24). The summed E-state index contributed by atoms with van der Waals surface area (Å²) in [6, 6.07) is 6.07. The van der Waals surface area contributed by atoms with Gasteiger partial charge in [-0.25, -0.2) is 4.79 Å². The van der Waals surface area contributed by atoms with Crippen LogP contribution in [0.15, 0.2) is 23.6 Å². The second kappa shape index (κ2) is 9.04. The van der Waals surface area contributed by atoms with Gasteiger partial charge < -0.3 is 15.0 Å². The van der Waals surface area contributed by atoms with Crippen LogP contribution in [0, 0.1) is 11.3 Å². The normalized spacial score (nSPS) is 15.7. The number of amides is 2. The molecule has 0 saturated heterocycles. The molecule has 2 heterocycles. The van der Waals surface area contributed by atoms with Crippen molar-refractivity contribution >= 4 is 45.8 Å². The van der Waals surface area contributed by atoms with Crippen LogP contribution in [0.1, 0.15) is 34.2 Å². The lowest BCUT2D eigenvalue weighted by atomic mass is 9.94. The fraction of sp³-hybridized carbons (Fsp3) is 0.350. The van der Waals surface area contributed by atoms with E-state index in [2.05, 4.69) is 11.4 Å². The van der Waals surface area contributed by atoms with Crippen molar-refractivity contribution in [2.24, 2.45) is 0 Å². The third-order valence-corrected chi connectivity index (χ3v) is 6.57. The van der Waals surface area contributed by atoms with E-state index in [4.69, 9.17) is 4.74 Å². The summed E-state index contributed by atoms with van der Waals surface area (Å²) >= 11 is 2.94. The fourth-order valence-corrected chi connectivity index (χ4v) is 4.81. The van der Waals surface area contributed by atoms with Crippen molar-refractivity contribution in [2.75, 3.05) is 18.9 Å². The Balaban J connectivity index is 1.69. The molecule has 2 aromatic rings. The van der Waals surface area contributed by atoms with Gasteiger partial charge in [0.2, 0.25) is 5.91 Å². The fourth-order valence-electron chi connectivity index (χ4n) is 2.92. The van der Waals surface area contributed by atoms with Crippen LogP contribution in [0.5, 0.6) is 0 Å². The monoisotopic (exact) mass is 415 g/mol. The summed E-state index contributed by atoms with van der Waals surface area (Å²) < 4.78 is 5.56. The Morgan fingerprint density at radius 2 is 2.32 bits per heavy atom. The number of nitrogens with one attached hydrogen (secondary N) is 1. The van der Waals surface area contributed by atoms with Gasteiger partial charge in [0, 0.05) is 35.8 Å². The molecule has 0 fully saturated rings. The van der Waals surface area contributed by atoms with Crippen LogP contribution in [-0.2, 0) is 22.4 Å². The Kier molecular flexibility index (Phi) is 6.49. The Hall–Kier alpha value is -2.63. The highest BCUT2D eigenvalue weighted by molar-refractivity contribution is 7.16. The molecule has 146 valence electrons. The highest BCUT2D eigenvalue weighted by Gasteiger charge is 2.28. The Morgan fingerprint density at radius 3 is 3.00 bits per heavy atom. The summed E-state index contributed by atoms with van der Waals surface area (Å²) in [6.45, 7) is 2.48. The first-order valence-electron chi connectivity index (χ1n) is 9.00. The minimum Gasteiger partial charge on any atom is -0.446 e. The molecule has 0 radical (unpaired) electrons. The number of hydrogen-bond acceptors (Lipinski definition) is 6. The van der Waals surface area contributed by atoms with Crippen LogP contribution in [0.2, 0.25) is 0 Å². The van der Waals surface area contributed by atoms with Crippen molar-refractivity contribution in [1.82, 2.24) is 4.90 Å². The highest BCUT2D eigenvalue weighted by Crippen LogP contribution is 2.38. The zero-order valence-electron chi connectivity index (χ0n) is 15.7. The van der Waals surface area contributed by atoms with Crippen LogP contribution in [0.25, 0.3) is 6.08 Å². The average molecular weight is 416 g/mol. The summed E-state index contributed by atoms with van der Waals surface area (Å²) in [5.74, 6) is -0.268. The molecule has 1 aliphatic rings. The topological polar surface area (TPSA) is 82.4 Å². The van der Waals surface area contributed by atoms with Gasteiger partial charge >= 0.3 is 6.09 Å². The molecule has 8 heteroatoms. The van der Waals surface area contributed by atoms with Crippen LogP contribution in [0.3, 0.4) is 0 Å². The number of thiophene rings is 2. The molecular formula is C20H21N3O3S2. The first kappa shape index (κ1) is 20.1. The van der Waals surface area contributed by atoms with Crippen LogP contribution in [0.4, 0.5) is 9.80 Å². The summed E-state index contributed by atoms with van der Waals surface area (Å²) in [5.41, 5.74) is 1.48. The summed E-state index contributed by atoms with van der Waals surface area (Å²) in [4.78, 5) is 27.7. The Labute approximate surface area is 172 Å². The lowest BCUT2D eigenvalue weighted by molar-refractivity contribution is -0.111. The van der Waals surface area contributed by atoms with E-state index in [1.54, 1.807) is 24.5 Å². The molecule has 1 N–H and O–H groups in total. The van der Waals surface area contributed by atoms with Crippen molar-refractivity contribution in [2.45, 2.75) is 32.3 Å². The molecular weight excluding hydrogens is 394 g/mol. The van der Waals surface area contributed by atoms with Crippen LogP contribution in [-0.4, -0.2) is 36.6 Å². The van der Waals surface area contributed by atoms with E-state index in [9.17, 15) is 14.9 Å². The van der Waals surface area contributed by atoms with E-state index in [0.717, 1.165) is 15.3 Å². The first-order chi connectivity index (χ1) is 13.5. The van der Waals surface area contributed by atoms with Gasteiger partial charge in [-0.15, -0.1) is 22.7 Å². The lowest BCUT2D eigenvalue weighted by Crippen LogP contribution is -2.33. The number of carbonyl (C=O) groups excluding carboxylic acids is 2. The molecule has 1 unspecified atom stereocenters. The number of nitriles is 1. The Morgan fingerprint density at radius 1 is 1.50 bits per heavy atom. The first-order valence-corrected chi connectivity index (χ1v) is 10.7. The quantitative estimate of drug-likeness (QED) is 0.739. The van der Waals surface area contributed by atoms with Gasteiger partial charge in [-0.1, -0.05) is 6.07 Å². The smallest absolute Gasteiger partial charge is 0.409 e. The third-order valence-electron chi connectivity index (χ3n) is 4.56. The molecule has 3 rings (SSSR count). The van der Waals surface area contributed by atoms with Gasteiger partial charge in [0.05, 0.1) is 5.56 Å². The Bertz CT molecular complexity index is 925. The number of hydrogen-bond donors (Lipinski definition) is 1. The molecule has 28 heavy (non-hydrogen) atoms. The molecule has 6 nitrogen and oxygen atoms in total. The van der Waals surface area contributed by atoms with Crippen LogP contribution < -0.4 is 5.32 Å². The summed E-state index contributed by atoms with van der Waals surface area (Å²) in [5, 5.41) is 14.9. The third kappa shape index (κ3) is 4.61. The van der Waals surface area contributed by atoms with E-state index in [0.29, 0.717) is 36.4 Å². The number of anilines is 1. The minimum atomic E-state index is -0.333. The predicted octanol–water partition coefficient (Wildman–Crippen LogP) is 4.28. The number of fused-ring (bicyclic) bond motifs is 1. The van der Waals surface area contributed by atoms with Gasteiger partial charge in [0.1, 0.15) is 17.2 Å². The number of carbonyl (C=O) groups is 2. The van der Waals surface area contributed by atoms with Crippen molar-refractivity contribution in [1.29, 1.82) is 5.26 Å².